The highest BCUT2D eigenvalue weighted by Crippen LogP contribution is 2.31. The molecule has 0 aliphatic heterocycles. The summed E-state index contributed by atoms with van der Waals surface area (Å²) in [4.78, 5) is 8.54. The largest absolute Gasteiger partial charge is 0.496 e. The molecule has 0 saturated carbocycles. The van der Waals surface area contributed by atoms with Gasteiger partial charge in [0.25, 0.3) is 0 Å². The fraction of sp³-hybridized carbons (Fsp3) is 0.333. The average molecular weight is 292 g/mol. The van der Waals surface area contributed by atoms with Gasteiger partial charge >= 0.3 is 0 Å². The van der Waals surface area contributed by atoms with Crippen molar-refractivity contribution in [3.63, 3.8) is 0 Å². The number of aromatic nitrogens is 2. The van der Waals surface area contributed by atoms with E-state index >= 15 is 0 Å². The van der Waals surface area contributed by atoms with Gasteiger partial charge in [0, 0.05) is 23.0 Å². The summed E-state index contributed by atoms with van der Waals surface area (Å²) in [6.07, 6.45) is 6.16. The van der Waals surface area contributed by atoms with Gasteiger partial charge in [0.15, 0.2) is 0 Å². The maximum atomic E-state index is 6.02. The third kappa shape index (κ3) is 3.46. The number of nitrogens with one attached hydrogen (secondary N) is 1. The molecule has 0 aliphatic carbocycles. The number of methoxy groups -OCH3 is 1. The topological polar surface area (TPSA) is 47.0 Å². The van der Waals surface area contributed by atoms with Gasteiger partial charge in [-0.05, 0) is 25.1 Å². The van der Waals surface area contributed by atoms with Gasteiger partial charge in [-0.1, -0.05) is 24.6 Å². The smallest absolute Gasteiger partial charge is 0.125 e. The van der Waals surface area contributed by atoms with E-state index in [4.69, 9.17) is 16.3 Å². The van der Waals surface area contributed by atoms with Crippen molar-refractivity contribution in [3.05, 3.63) is 53.1 Å². The number of ether oxygens (including phenoxy) is 1. The molecule has 5 heteroatoms. The van der Waals surface area contributed by atoms with E-state index in [2.05, 4.69) is 22.2 Å². The van der Waals surface area contributed by atoms with Crippen LogP contribution in [0.1, 0.15) is 30.6 Å². The van der Waals surface area contributed by atoms with E-state index in [0.717, 1.165) is 30.0 Å². The van der Waals surface area contributed by atoms with Gasteiger partial charge in [0.2, 0.25) is 0 Å². The molecule has 0 radical (unpaired) electrons. The Bertz CT molecular complexity index is 548. The zero-order chi connectivity index (χ0) is 14.4. The second kappa shape index (κ2) is 7.22. The summed E-state index contributed by atoms with van der Waals surface area (Å²) in [6.45, 7) is 3.01. The Morgan fingerprint density at radius 1 is 1.35 bits per heavy atom. The van der Waals surface area contributed by atoms with Crippen LogP contribution in [0.5, 0.6) is 5.75 Å². The van der Waals surface area contributed by atoms with Crippen molar-refractivity contribution >= 4 is 11.6 Å². The van der Waals surface area contributed by atoms with Crippen LogP contribution in [0.2, 0.25) is 5.02 Å². The van der Waals surface area contributed by atoms with E-state index in [9.17, 15) is 0 Å². The molecule has 1 aromatic carbocycles. The third-order valence-corrected chi connectivity index (χ3v) is 3.22. The standard InChI is InChI=1S/C15H18ClN3O/c1-3-6-19-15(13-10-17-7-8-18-13)12-5-4-11(16)9-14(12)20-2/h4-5,7-10,15,19H,3,6H2,1-2H3. The molecule has 2 rings (SSSR count). The molecule has 0 fully saturated rings. The maximum Gasteiger partial charge on any atom is 0.125 e. The Morgan fingerprint density at radius 3 is 2.85 bits per heavy atom. The highest BCUT2D eigenvalue weighted by molar-refractivity contribution is 6.30. The number of hydrogen-bond donors (Lipinski definition) is 1. The lowest BCUT2D eigenvalue weighted by Gasteiger charge is -2.20. The minimum Gasteiger partial charge on any atom is -0.496 e. The van der Waals surface area contributed by atoms with Crippen LogP contribution in [0.4, 0.5) is 0 Å². The highest BCUT2D eigenvalue weighted by Gasteiger charge is 2.19. The fourth-order valence-electron chi connectivity index (χ4n) is 2.05. The van der Waals surface area contributed by atoms with Gasteiger partial charge in [0.1, 0.15) is 5.75 Å². The first-order valence-corrected chi connectivity index (χ1v) is 6.96. The first-order chi connectivity index (χ1) is 9.76. The summed E-state index contributed by atoms with van der Waals surface area (Å²) in [5.41, 5.74) is 1.87. The van der Waals surface area contributed by atoms with Gasteiger partial charge in [0.05, 0.1) is 25.0 Å². The van der Waals surface area contributed by atoms with Crippen LogP contribution in [0.3, 0.4) is 0 Å². The second-order valence-electron chi connectivity index (χ2n) is 4.40. The highest BCUT2D eigenvalue weighted by atomic mass is 35.5. The number of hydrogen-bond acceptors (Lipinski definition) is 4. The maximum absolute atomic E-state index is 6.02. The molecule has 1 unspecified atom stereocenters. The number of halogens is 1. The Labute approximate surface area is 124 Å². The molecule has 0 saturated heterocycles. The van der Waals surface area contributed by atoms with Crippen LogP contribution in [-0.2, 0) is 0 Å². The quantitative estimate of drug-likeness (QED) is 0.888. The van der Waals surface area contributed by atoms with Crippen LogP contribution in [-0.4, -0.2) is 23.6 Å². The van der Waals surface area contributed by atoms with Gasteiger partial charge in [-0.2, -0.15) is 0 Å². The first kappa shape index (κ1) is 14.8. The number of benzene rings is 1. The van der Waals surface area contributed by atoms with E-state index in [-0.39, 0.29) is 6.04 Å². The Kier molecular flexibility index (Phi) is 5.32. The second-order valence-corrected chi connectivity index (χ2v) is 4.84. The summed E-state index contributed by atoms with van der Waals surface area (Å²) in [5, 5.41) is 4.12. The third-order valence-electron chi connectivity index (χ3n) is 2.98. The molecule has 0 amide bonds. The van der Waals surface area contributed by atoms with Crippen LogP contribution >= 0.6 is 11.6 Å². The Hall–Kier alpha value is -1.65. The van der Waals surface area contributed by atoms with Crippen molar-refractivity contribution in [1.29, 1.82) is 0 Å². The van der Waals surface area contributed by atoms with E-state index in [1.54, 1.807) is 25.7 Å². The van der Waals surface area contributed by atoms with Crippen molar-refractivity contribution in [2.75, 3.05) is 13.7 Å². The molecule has 1 atom stereocenters. The van der Waals surface area contributed by atoms with Crippen LogP contribution < -0.4 is 10.1 Å². The first-order valence-electron chi connectivity index (χ1n) is 6.59. The number of rotatable bonds is 6. The molecule has 1 heterocycles. The predicted molar refractivity (Wildman–Crippen MR) is 80.2 cm³/mol. The molecule has 0 spiro atoms. The van der Waals surface area contributed by atoms with Crippen molar-refractivity contribution in [2.45, 2.75) is 19.4 Å². The molecular formula is C15H18ClN3O. The molecule has 4 nitrogen and oxygen atoms in total. The molecule has 2 aromatic rings. The Balaban J connectivity index is 2.41. The minimum absolute atomic E-state index is 0.0594. The minimum atomic E-state index is -0.0594. The fourth-order valence-corrected chi connectivity index (χ4v) is 2.21. The normalized spacial score (nSPS) is 12.2. The van der Waals surface area contributed by atoms with Gasteiger partial charge in [-0.25, -0.2) is 0 Å². The molecule has 20 heavy (non-hydrogen) atoms. The van der Waals surface area contributed by atoms with Gasteiger partial charge < -0.3 is 10.1 Å². The Morgan fingerprint density at radius 2 is 2.20 bits per heavy atom. The molecule has 1 N–H and O–H groups in total. The average Bonchev–Trinajstić information content (AvgIpc) is 2.49. The van der Waals surface area contributed by atoms with Crippen molar-refractivity contribution in [1.82, 2.24) is 15.3 Å². The summed E-state index contributed by atoms with van der Waals surface area (Å²) in [6, 6.07) is 5.57. The number of nitrogens with zero attached hydrogens (tertiary/aromatic N) is 2. The van der Waals surface area contributed by atoms with Gasteiger partial charge in [-0.15, -0.1) is 0 Å². The SMILES string of the molecule is CCCNC(c1cnccn1)c1ccc(Cl)cc1OC. The van der Waals surface area contributed by atoms with Crippen LogP contribution in [0.15, 0.2) is 36.8 Å². The van der Waals surface area contributed by atoms with Crippen LogP contribution in [0.25, 0.3) is 0 Å². The van der Waals surface area contributed by atoms with Crippen molar-refractivity contribution in [2.24, 2.45) is 0 Å². The summed E-state index contributed by atoms with van der Waals surface area (Å²) >= 11 is 6.02. The lowest BCUT2D eigenvalue weighted by atomic mass is 10.0. The van der Waals surface area contributed by atoms with E-state index in [1.165, 1.54) is 0 Å². The molecule has 1 aromatic heterocycles. The van der Waals surface area contributed by atoms with E-state index in [0.29, 0.717) is 5.02 Å². The van der Waals surface area contributed by atoms with Gasteiger partial charge in [-0.3, -0.25) is 9.97 Å². The van der Waals surface area contributed by atoms with E-state index < -0.39 is 0 Å². The molecule has 0 aliphatic rings. The summed E-state index contributed by atoms with van der Waals surface area (Å²) in [7, 11) is 1.64. The van der Waals surface area contributed by atoms with Crippen LogP contribution in [0, 0.1) is 0 Å². The monoisotopic (exact) mass is 291 g/mol. The zero-order valence-corrected chi connectivity index (χ0v) is 12.4. The molecular weight excluding hydrogens is 274 g/mol. The summed E-state index contributed by atoms with van der Waals surface area (Å²) in [5.74, 6) is 0.747. The predicted octanol–water partition coefficient (Wildman–Crippen LogP) is 3.23. The van der Waals surface area contributed by atoms with Crippen molar-refractivity contribution in [3.8, 4) is 5.75 Å². The molecule has 0 bridgehead atoms. The zero-order valence-electron chi connectivity index (χ0n) is 11.6. The van der Waals surface area contributed by atoms with E-state index in [1.807, 2.05) is 18.2 Å². The summed E-state index contributed by atoms with van der Waals surface area (Å²) < 4.78 is 5.44. The van der Waals surface area contributed by atoms with Crippen molar-refractivity contribution < 1.29 is 4.74 Å². The lowest BCUT2D eigenvalue weighted by molar-refractivity contribution is 0.403. The lowest BCUT2D eigenvalue weighted by Crippen LogP contribution is -2.24. The molecule has 106 valence electrons.